The number of benzene rings is 1. The lowest BCUT2D eigenvalue weighted by Gasteiger charge is -2.19. The van der Waals surface area contributed by atoms with Crippen molar-refractivity contribution in [3.05, 3.63) is 41.2 Å². The van der Waals surface area contributed by atoms with E-state index in [1.54, 1.807) is 27.1 Å². The average molecular weight is 288 g/mol. The number of nitrogens with zero attached hydrogens (tertiary/aromatic N) is 3. The van der Waals surface area contributed by atoms with E-state index < -0.39 is 5.97 Å². The smallest absolute Gasteiger partial charge is 0.335 e. The first-order valence-corrected chi connectivity index (χ1v) is 6.22. The van der Waals surface area contributed by atoms with Gasteiger partial charge in [-0.05, 0) is 31.2 Å². The van der Waals surface area contributed by atoms with E-state index in [-0.39, 0.29) is 17.2 Å². The highest BCUT2D eigenvalue weighted by atomic mass is 16.4. The van der Waals surface area contributed by atoms with Gasteiger partial charge < -0.3 is 15.7 Å². The van der Waals surface area contributed by atoms with E-state index in [0.717, 1.165) is 5.69 Å². The number of aryl methyl sites for hydroxylation is 2. The number of rotatable bonds is 3. The summed E-state index contributed by atoms with van der Waals surface area (Å²) in [5.74, 6) is -1.34. The molecule has 0 unspecified atom stereocenters. The lowest BCUT2D eigenvalue weighted by Crippen LogP contribution is -2.29. The molecule has 2 aromatic rings. The number of amides is 1. The van der Waals surface area contributed by atoms with Gasteiger partial charge in [-0.25, -0.2) is 4.79 Å². The molecule has 0 saturated carbocycles. The van der Waals surface area contributed by atoms with Crippen LogP contribution in [-0.2, 0) is 7.05 Å². The minimum Gasteiger partial charge on any atom is -0.478 e. The highest BCUT2D eigenvalue weighted by Crippen LogP contribution is 2.25. The number of carbonyl (C=O) groups is 2. The fraction of sp³-hybridized carbons (Fsp3) is 0.214. The summed E-state index contributed by atoms with van der Waals surface area (Å²) in [6.45, 7) is 1.80. The maximum Gasteiger partial charge on any atom is 0.335 e. The average Bonchev–Trinajstić information content (AvgIpc) is 2.75. The van der Waals surface area contributed by atoms with E-state index in [9.17, 15) is 9.59 Å². The first-order valence-electron chi connectivity index (χ1n) is 6.22. The maximum atomic E-state index is 12.4. The van der Waals surface area contributed by atoms with Gasteiger partial charge >= 0.3 is 5.97 Å². The largest absolute Gasteiger partial charge is 0.478 e. The molecule has 7 nitrogen and oxygen atoms in total. The van der Waals surface area contributed by atoms with E-state index >= 15 is 0 Å². The minimum atomic E-state index is -1.07. The van der Waals surface area contributed by atoms with Crippen molar-refractivity contribution in [2.75, 3.05) is 17.7 Å². The number of nitrogens with two attached hydrogens (primary N) is 1. The Morgan fingerprint density at radius 2 is 2.00 bits per heavy atom. The fourth-order valence-corrected chi connectivity index (χ4v) is 2.08. The van der Waals surface area contributed by atoms with Crippen molar-refractivity contribution >= 4 is 23.3 Å². The Labute approximate surface area is 121 Å². The van der Waals surface area contributed by atoms with Crippen LogP contribution in [0.3, 0.4) is 0 Å². The summed E-state index contributed by atoms with van der Waals surface area (Å²) in [5.41, 5.74) is 7.76. The lowest BCUT2D eigenvalue weighted by atomic mass is 10.1. The Hall–Kier alpha value is -2.83. The first-order chi connectivity index (χ1) is 9.81. The zero-order valence-electron chi connectivity index (χ0n) is 12.0. The van der Waals surface area contributed by atoms with Gasteiger partial charge in [0, 0.05) is 14.1 Å². The summed E-state index contributed by atoms with van der Waals surface area (Å²) in [6.07, 6.45) is 0. The molecular weight excluding hydrogens is 272 g/mol. The van der Waals surface area contributed by atoms with Crippen LogP contribution in [0.2, 0.25) is 0 Å². The van der Waals surface area contributed by atoms with E-state index in [2.05, 4.69) is 5.10 Å². The predicted molar refractivity (Wildman–Crippen MR) is 78.5 cm³/mol. The molecule has 0 radical (unpaired) electrons. The minimum absolute atomic E-state index is 0.0773. The van der Waals surface area contributed by atoms with Crippen molar-refractivity contribution < 1.29 is 14.7 Å². The second-order valence-electron chi connectivity index (χ2n) is 4.74. The topological polar surface area (TPSA) is 101 Å². The molecule has 3 N–H and O–H groups in total. The molecule has 0 bridgehead atoms. The number of carboxylic acid groups (broad SMARTS) is 1. The van der Waals surface area contributed by atoms with Crippen molar-refractivity contribution in [3.63, 3.8) is 0 Å². The van der Waals surface area contributed by atoms with E-state index in [1.165, 1.54) is 27.8 Å². The molecule has 0 aliphatic heterocycles. The SMILES string of the molecule is Cc1cc(C(=O)N(C)c2ccc(C(=O)O)cc2N)n(C)n1. The Morgan fingerprint density at radius 1 is 1.33 bits per heavy atom. The number of nitrogen functional groups attached to an aromatic ring is 1. The van der Waals surface area contributed by atoms with Crippen molar-refractivity contribution in [1.82, 2.24) is 9.78 Å². The summed E-state index contributed by atoms with van der Waals surface area (Å²) >= 11 is 0. The molecule has 0 atom stereocenters. The quantitative estimate of drug-likeness (QED) is 0.828. The van der Waals surface area contributed by atoms with Gasteiger partial charge in [0.05, 0.1) is 22.6 Å². The Morgan fingerprint density at radius 3 is 2.48 bits per heavy atom. The second-order valence-corrected chi connectivity index (χ2v) is 4.74. The standard InChI is InChI=1S/C14H16N4O3/c1-8-6-12(18(3)16-8)13(19)17(2)11-5-4-9(14(20)21)7-10(11)15/h4-7H,15H2,1-3H3,(H,20,21). The molecule has 0 aliphatic rings. The molecule has 21 heavy (non-hydrogen) atoms. The van der Waals surface area contributed by atoms with Crippen molar-refractivity contribution in [2.45, 2.75) is 6.92 Å². The molecule has 0 saturated heterocycles. The molecule has 1 heterocycles. The van der Waals surface area contributed by atoms with Crippen LogP contribution < -0.4 is 10.6 Å². The molecule has 1 aromatic heterocycles. The Balaban J connectivity index is 2.36. The van der Waals surface area contributed by atoms with Crippen molar-refractivity contribution in [3.8, 4) is 0 Å². The fourth-order valence-electron chi connectivity index (χ4n) is 2.08. The third kappa shape index (κ3) is 2.71. The Bertz CT molecular complexity index is 721. The normalized spacial score (nSPS) is 10.4. The zero-order valence-corrected chi connectivity index (χ0v) is 12.0. The van der Waals surface area contributed by atoms with Gasteiger partial charge in [-0.1, -0.05) is 0 Å². The molecule has 0 fully saturated rings. The molecule has 2 rings (SSSR count). The number of aromatic nitrogens is 2. The highest BCUT2D eigenvalue weighted by Gasteiger charge is 2.20. The number of aromatic carboxylic acids is 1. The monoisotopic (exact) mass is 288 g/mol. The van der Waals surface area contributed by atoms with Crippen LogP contribution in [-0.4, -0.2) is 33.8 Å². The summed E-state index contributed by atoms with van der Waals surface area (Å²) in [4.78, 5) is 24.7. The summed E-state index contributed by atoms with van der Waals surface area (Å²) in [5, 5.41) is 13.0. The maximum absolute atomic E-state index is 12.4. The lowest BCUT2D eigenvalue weighted by molar-refractivity contribution is 0.0697. The van der Waals surface area contributed by atoms with Gasteiger partial charge in [-0.3, -0.25) is 9.48 Å². The van der Waals surface area contributed by atoms with Crippen LogP contribution in [0.4, 0.5) is 11.4 Å². The number of hydrogen-bond donors (Lipinski definition) is 2. The second kappa shape index (κ2) is 5.28. The summed E-state index contributed by atoms with van der Waals surface area (Å²) in [7, 11) is 3.27. The molecule has 1 amide bonds. The molecule has 110 valence electrons. The van der Waals surface area contributed by atoms with Gasteiger partial charge in [0.1, 0.15) is 5.69 Å². The summed E-state index contributed by atoms with van der Waals surface area (Å²) in [6, 6.07) is 5.93. The van der Waals surface area contributed by atoms with Gasteiger partial charge in [0.25, 0.3) is 5.91 Å². The zero-order chi connectivity index (χ0) is 15.7. The number of hydrogen-bond acceptors (Lipinski definition) is 4. The molecular formula is C14H16N4O3. The van der Waals surface area contributed by atoms with E-state index in [4.69, 9.17) is 10.8 Å². The van der Waals surface area contributed by atoms with Crippen LogP contribution in [0.5, 0.6) is 0 Å². The van der Waals surface area contributed by atoms with Gasteiger partial charge in [0.2, 0.25) is 0 Å². The van der Waals surface area contributed by atoms with Crippen LogP contribution >= 0.6 is 0 Å². The molecule has 1 aromatic carbocycles. The van der Waals surface area contributed by atoms with Gasteiger partial charge in [0.15, 0.2) is 0 Å². The number of anilines is 2. The third-order valence-corrected chi connectivity index (χ3v) is 3.16. The van der Waals surface area contributed by atoms with Crippen LogP contribution in [0.25, 0.3) is 0 Å². The van der Waals surface area contributed by atoms with Gasteiger partial charge in [-0.2, -0.15) is 5.10 Å². The number of carboxylic acids is 1. The van der Waals surface area contributed by atoms with Gasteiger partial charge in [-0.15, -0.1) is 0 Å². The summed E-state index contributed by atoms with van der Waals surface area (Å²) < 4.78 is 1.50. The van der Waals surface area contributed by atoms with E-state index in [1.807, 2.05) is 0 Å². The van der Waals surface area contributed by atoms with E-state index in [0.29, 0.717) is 11.4 Å². The Kier molecular flexibility index (Phi) is 3.66. The third-order valence-electron chi connectivity index (χ3n) is 3.16. The highest BCUT2D eigenvalue weighted by molar-refractivity contribution is 6.06. The first kappa shape index (κ1) is 14.6. The molecule has 0 aliphatic carbocycles. The van der Waals surface area contributed by atoms with Crippen LogP contribution in [0, 0.1) is 6.92 Å². The predicted octanol–water partition coefficient (Wildman–Crippen LogP) is 1.29. The van der Waals surface area contributed by atoms with Crippen LogP contribution in [0.15, 0.2) is 24.3 Å². The number of carbonyl (C=O) groups excluding carboxylic acids is 1. The van der Waals surface area contributed by atoms with Crippen LogP contribution in [0.1, 0.15) is 26.5 Å². The van der Waals surface area contributed by atoms with Crippen molar-refractivity contribution in [2.24, 2.45) is 7.05 Å². The molecule has 0 spiro atoms. The molecule has 7 heteroatoms. The van der Waals surface area contributed by atoms with Crippen molar-refractivity contribution in [1.29, 1.82) is 0 Å².